The molecule has 0 atom stereocenters. The third-order valence-electron chi connectivity index (χ3n) is 3.44. The van der Waals surface area contributed by atoms with E-state index in [9.17, 15) is 4.79 Å². The highest BCUT2D eigenvalue weighted by Crippen LogP contribution is 2.24. The minimum Gasteiger partial charge on any atom is -0.402 e. The van der Waals surface area contributed by atoms with Crippen molar-refractivity contribution >= 4 is 29.3 Å². The molecule has 4 heteroatoms. The Morgan fingerprint density at radius 1 is 1.14 bits per heavy atom. The molecule has 1 aliphatic heterocycles. The van der Waals surface area contributed by atoms with Crippen molar-refractivity contribution in [3.8, 4) is 0 Å². The van der Waals surface area contributed by atoms with Crippen LogP contribution in [0.3, 0.4) is 0 Å². The van der Waals surface area contributed by atoms with Gasteiger partial charge in [0.2, 0.25) is 5.90 Å². The van der Waals surface area contributed by atoms with Gasteiger partial charge in [-0.15, -0.1) is 11.3 Å². The minimum absolute atomic E-state index is 0.0942. The van der Waals surface area contributed by atoms with Crippen LogP contribution in [-0.4, -0.2) is 11.9 Å². The molecule has 0 unspecified atom stereocenters. The highest BCUT2D eigenvalue weighted by atomic mass is 32.1. The molecule has 1 aromatic heterocycles. The highest BCUT2D eigenvalue weighted by Gasteiger charge is 2.24. The molecule has 1 aromatic carbocycles. The predicted molar refractivity (Wildman–Crippen MR) is 90.1 cm³/mol. The van der Waals surface area contributed by atoms with Gasteiger partial charge in [0.25, 0.3) is 0 Å². The Labute approximate surface area is 134 Å². The third kappa shape index (κ3) is 3.02. The molecule has 3 rings (SSSR count). The summed E-state index contributed by atoms with van der Waals surface area (Å²) in [6.45, 7) is 6.49. The van der Waals surface area contributed by atoms with Crippen molar-refractivity contribution in [1.82, 2.24) is 0 Å². The van der Waals surface area contributed by atoms with Crippen molar-refractivity contribution in [2.75, 3.05) is 0 Å². The zero-order chi connectivity index (χ0) is 15.7. The fourth-order valence-corrected chi connectivity index (χ4v) is 2.80. The molecule has 0 fully saturated rings. The molecule has 0 aliphatic carbocycles. The van der Waals surface area contributed by atoms with Gasteiger partial charge >= 0.3 is 5.97 Å². The van der Waals surface area contributed by atoms with E-state index < -0.39 is 5.97 Å². The van der Waals surface area contributed by atoms with Gasteiger partial charge in [-0.05, 0) is 40.6 Å². The number of aliphatic imine (C=N–C) groups is 1. The number of benzene rings is 1. The second-order valence-electron chi connectivity index (χ2n) is 6.18. The van der Waals surface area contributed by atoms with Crippen LogP contribution in [0.15, 0.2) is 52.5 Å². The first-order valence-corrected chi connectivity index (χ1v) is 7.98. The van der Waals surface area contributed by atoms with E-state index in [0.29, 0.717) is 11.6 Å². The fraction of sp³-hybridized carbons (Fsp3) is 0.222. The maximum atomic E-state index is 11.9. The summed E-state index contributed by atoms with van der Waals surface area (Å²) in [4.78, 5) is 17.2. The van der Waals surface area contributed by atoms with Crippen LogP contribution in [0.25, 0.3) is 6.08 Å². The first kappa shape index (κ1) is 14.7. The van der Waals surface area contributed by atoms with Gasteiger partial charge in [-0.1, -0.05) is 39.0 Å². The Bertz CT molecular complexity index is 747. The van der Waals surface area contributed by atoms with Crippen LogP contribution in [0, 0.1) is 0 Å². The van der Waals surface area contributed by atoms with E-state index in [4.69, 9.17) is 4.74 Å². The molecule has 0 bridgehead atoms. The number of hydrogen-bond donors (Lipinski definition) is 0. The van der Waals surface area contributed by atoms with Gasteiger partial charge in [0.05, 0.1) is 0 Å². The molecule has 0 radical (unpaired) electrons. The molecule has 0 amide bonds. The normalized spacial score (nSPS) is 16.8. The van der Waals surface area contributed by atoms with E-state index in [-0.39, 0.29) is 5.41 Å². The van der Waals surface area contributed by atoms with Gasteiger partial charge in [-0.25, -0.2) is 9.79 Å². The maximum absolute atomic E-state index is 11.9. The summed E-state index contributed by atoms with van der Waals surface area (Å²) in [5.41, 5.74) is 2.49. The van der Waals surface area contributed by atoms with E-state index in [1.54, 1.807) is 17.4 Å². The Morgan fingerprint density at radius 3 is 2.45 bits per heavy atom. The molecular formula is C18H17NO2S. The quantitative estimate of drug-likeness (QED) is 0.609. The number of carbonyl (C=O) groups excluding carboxylic acids is 1. The molecular weight excluding hydrogens is 294 g/mol. The van der Waals surface area contributed by atoms with E-state index in [0.717, 1.165) is 10.4 Å². The SMILES string of the molecule is CC(C)(C)c1ccc(C2=N/C(=C/c3cccs3)C(=O)O2)cc1. The number of thiophene rings is 1. The topological polar surface area (TPSA) is 38.7 Å². The predicted octanol–water partition coefficient (Wildman–Crippen LogP) is 4.39. The Kier molecular flexibility index (Phi) is 3.71. The van der Waals surface area contributed by atoms with Crippen LogP contribution in [0.4, 0.5) is 0 Å². The summed E-state index contributed by atoms with van der Waals surface area (Å²) in [6.07, 6.45) is 1.75. The first-order chi connectivity index (χ1) is 10.4. The number of ether oxygens (including phenoxy) is 1. The number of cyclic esters (lactones) is 1. The van der Waals surface area contributed by atoms with Gasteiger partial charge in [-0.3, -0.25) is 0 Å². The van der Waals surface area contributed by atoms with E-state index in [1.807, 2.05) is 41.8 Å². The van der Waals surface area contributed by atoms with Crippen molar-refractivity contribution in [1.29, 1.82) is 0 Å². The number of rotatable bonds is 2. The molecule has 0 spiro atoms. The third-order valence-corrected chi connectivity index (χ3v) is 4.26. The number of hydrogen-bond acceptors (Lipinski definition) is 4. The van der Waals surface area contributed by atoms with Crippen LogP contribution < -0.4 is 0 Å². The van der Waals surface area contributed by atoms with Gasteiger partial charge in [0.1, 0.15) is 0 Å². The second kappa shape index (κ2) is 5.54. The Morgan fingerprint density at radius 2 is 1.86 bits per heavy atom. The van der Waals surface area contributed by atoms with Crippen molar-refractivity contribution in [2.24, 2.45) is 4.99 Å². The summed E-state index contributed by atoms with van der Waals surface area (Å²) < 4.78 is 5.28. The zero-order valence-electron chi connectivity index (χ0n) is 12.8. The lowest BCUT2D eigenvalue weighted by Crippen LogP contribution is -2.11. The largest absolute Gasteiger partial charge is 0.402 e. The summed E-state index contributed by atoms with van der Waals surface area (Å²) in [5, 5.41) is 1.96. The number of carbonyl (C=O) groups is 1. The summed E-state index contributed by atoms with van der Waals surface area (Å²) >= 11 is 1.56. The summed E-state index contributed by atoms with van der Waals surface area (Å²) in [5.74, 6) is -0.0310. The van der Waals surface area contributed by atoms with Crippen molar-refractivity contribution < 1.29 is 9.53 Å². The fourth-order valence-electron chi connectivity index (χ4n) is 2.15. The van der Waals surface area contributed by atoms with Crippen LogP contribution in [0.5, 0.6) is 0 Å². The molecule has 0 saturated heterocycles. The summed E-state index contributed by atoms with van der Waals surface area (Å²) in [7, 11) is 0. The number of nitrogens with zero attached hydrogens (tertiary/aromatic N) is 1. The molecule has 3 nitrogen and oxygen atoms in total. The van der Waals surface area contributed by atoms with Gasteiger partial charge < -0.3 is 4.74 Å². The van der Waals surface area contributed by atoms with Crippen LogP contribution in [0.1, 0.15) is 36.8 Å². The smallest absolute Gasteiger partial charge is 0.363 e. The zero-order valence-corrected chi connectivity index (χ0v) is 13.6. The molecule has 1 aliphatic rings. The van der Waals surface area contributed by atoms with Gasteiger partial charge in [0.15, 0.2) is 5.70 Å². The average molecular weight is 311 g/mol. The van der Waals surface area contributed by atoms with Crippen molar-refractivity contribution in [3.05, 3.63) is 63.5 Å². The van der Waals surface area contributed by atoms with Crippen LogP contribution in [-0.2, 0) is 14.9 Å². The standard InChI is InChI=1S/C18H17NO2S/c1-18(2,3)13-8-6-12(7-9-13)16-19-15(17(20)21-16)11-14-5-4-10-22-14/h4-11H,1-3H3/b15-11+. The van der Waals surface area contributed by atoms with Crippen LogP contribution in [0.2, 0.25) is 0 Å². The van der Waals surface area contributed by atoms with Gasteiger partial charge in [-0.2, -0.15) is 0 Å². The molecule has 22 heavy (non-hydrogen) atoms. The maximum Gasteiger partial charge on any atom is 0.363 e. The lowest BCUT2D eigenvalue weighted by atomic mass is 9.87. The Balaban J connectivity index is 1.88. The Hall–Kier alpha value is -2.20. The first-order valence-electron chi connectivity index (χ1n) is 7.10. The highest BCUT2D eigenvalue weighted by molar-refractivity contribution is 7.10. The second-order valence-corrected chi connectivity index (χ2v) is 7.16. The van der Waals surface area contributed by atoms with Crippen molar-refractivity contribution in [3.63, 3.8) is 0 Å². The molecule has 0 N–H and O–H groups in total. The van der Waals surface area contributed by atoms with E-state index in [2.05, 4.69) is 25.8 Å². The summed E-state index contributed by atoms with van der Waals surface area (Å²) in [6, 6.07) is 11.9. The molecule has 2 heterocycles. The van der Waals surface area contributed by atoms with E-state index >= 15 is 0 Å². The molecule has 0 saturated carbocycles. The van der Waals surface area contributed by atoms with Gasteiger partial charge in [0, 0.05) is 10.4 Å². The lowest BCUT2D eigenvalue weighted by Gasteiger charge is -2.18. The van der Waals surface area contributed by atoms with E-state index in [1.165, 1.54) is 5.56 Å². The van der Waals surface area contributed by atoms with Crippen LogP contribution >= 0.6 is 11.3 Å². The molecule has 112 valence electrons. The van der Waals surface area contributed by atoms with Crippen molar-refractivity contribution in [2.45, 2.75) is 26.2 Å². The minimum atomic E-state index is -0.400. The average Bonchev–Trinajstić information content (AvgIpc) is 3.09. The number of esters is 1. The lowest BCUT2D eigenvalue weighted by molar-refractivity contribution is -0.129. The molecule has 2 aromatic rings. The monoisotopic (exact) mass is 311 g/mol.